The van der Waals surface area contributed by atoms with Gasteiger partial charge in [0.15, 0.2) is 0 Å². The molecule has 1 aliphatic rings. The van der Waals surface area contributed by atoms with Crippen molar-refractivity contribution in [2.45, 2.75) is 6.54 Å². The molecule has 0 amide bonds. The molecule has 3 aromatic rings. The number of hydrogen-bond acceptors (Lipinski definition) is 3. The number of aromatic nitrogens is 2. The van der Waals surface area contributed by atoms with E-state index in [0.29, 0.717) is 5.56 Å². The molecule has 3 heterocycles. The third-order valence-corrected chi connectivity index (χ3v) is 5.13. The number of benzene rings is 1. The molecule has 0 atom stereocenters. The van der Waals surface area contributed by atoms with Crippen LogP contribution < -0.4 is 0 Å². The van der Waals surface area contributed by atoms with Crippen LogP contribution in [0.1, 0.15) is 5.56 Å². The molecular weight excluding hydrogens is 315 g/mol. The first-order valence-electron chi connectivity index (χ1n) is 8.72. The first-order chi connectivity index (χ1) is 12.1. The Morgan fingerprint density at radius 1 is 1.04 bits per heavy atom. The molecule has 0 bridgehead atoms. The molecule has 0 unspecified atom stereocenters. The van der Waals surface area contributed by atoms with Gasteiger partial charge in [0.2, 0.25) is 5.95 Å². The molecule has 4 nitrogen and oxygen atoms in total. The zero-order valence-electron chi connectivity index (χ0n) is 14.7. The molecule has 1 fully saturated rings. The predicted octanol–water partition coefficient (Wildman–Crippen LogP) is 3.13. The van der Waals surface area contributed by atoms with Gasteiger partial charge in [-0.2, -0.15) is 4.39 Å². The van der Waals surface area contributed by atoms with Crippen molar-refractivity contribution in [3.63, 3.8) is 0 Å². The highest BCUT2D eigenvalue weighted by molar-refractivity contribution is 5.86. The highest BCUT2D eigenvalue weighted by Gasteiger charge is 2.17. The summed E-state index contributed by atoms with van der Waals surface area (Å²) in [6, 6.07) is 12.1. The third-order valence-electron chi connectivity index (χ3n) is 5.13. The average Bonchev–Trinajstić information content (AvgIpc) is 2.96. The summed E-state index contributed by atoms with van der Waals surface area (Å²) in [6.07, 6.45) is 1.67. The normalized spacial score (nSPS) is 16.6. The largest absolute Gasteiger partial charge is 0.343 e. The zero-order chi connectivity index (χ0) is 17.4. The molecule has 0 spiro atoms. The van der Waals surface area contributed by atoms with Crippen molar-refractivity contribution in [1.82, 2.24) is 19.4 Å². The minimum absolute atomic E-state index is 0.409. The summed E-state index contributed by atoms with van der Waals surface area (Å²) >= 11 is 0. The molecule has 2 aromatic heterocycles. The van der Waals surface area contributed by atoms with Crippen LogP contribution in [0.5, 0.6) is 0 Å². The number of nitrogens with zero attached hydrogens (tertiary/aromatic N) is 4. The summed E-state index contributed by atoms with van der Waals surface area (Å²) in [5, 5.41) is 1.11. The number of rotatable bonds is 3. The SMILES string of the molecule is CN1CCN(Cc2cnc(F)c(-c3cc4ccccc4n3C)c2)CC1. The number of hydrogen-bond donors (Lipinski definition) is 0. The predicted molar refractivity (Wildman–Crippen MR) is 98.9 cm³/mol. The second kappa shape index (κ2) is 6.58. The molecule has 130 valence electrons. The van der Waals surface area contributed by atoms with Crippen molar-refractivity contribution >= 4 is 10.9 Å². The molecule has 1 saturated heterocycles. The molecular formula is C20H23FN4. The van der Waals surface area contributed by atoms with Crippen LogP contribution >= 0.6 is 0 Å². The molecule has 25 heavy (non-hydrogen) atoms. The van der Waals surface area contributed by atoms with E-state index in [1.54, 1.807) is 6.20 Å². The van der Waals surface area contributed by atoms with E-state index in [1.807, 2.05) is 35.9 Å². The van der Waals surface area contributed by atoms with Crippen LogP contribution in [0.3, 0.4) is 0 Å². The topological polar surface area (TPSA) is 24.3 Å². The maximum Gasteiger partial charge on any atom is 0.222 e. The van der Waals surface area contributed by atoms with Crippen LogP contribution in [-0.4, -0.2) is 52.6 Å². The van der Waals surface area contributed by atoms with Gasteiger partial charge in [-0.05, 0) is 30.8 Å². The van der Waals surface area contributed by atoms with Crippen LogP contribution in [0, 0.1) is 5.95 Å². The van der Waals surface area contributed by atoms with E-state index in [9.17, 15) is 4.39 Å². The van der Waals surface area contributed by atoms with Crippen molar-refractivity contribution in [2.75, 3.05) is 33.2 Å². The van der Waals surface area contributed by atoms with Gasteiger partial charge in [-0.25, -0.2) is 4.98 Å². The van der Waals surface area contributed by atoms with Gasteiger partial charge in [0.1, 0.15) is 0 Å². The van der Waals surface area contributed by atoms with Crippen LogP contribution in [0.25, 0.3) is 22.2 Å². The van der Waals surface area contributed by atoms with E-state index in [-0.39, 0.29) is 0 Å². The first-order valence-corrected chi connectivity index (χ1v) is 8.72. The van der Waals surface area contributed by atoms with Gasteiger partial charge in [-0.15, -0.1) is 0 Å². The lowest BCUT2D eigenvalue weighted by Gasteiger charge is -2.32. The van der Waals surface area contributed by atoms with E-state index in [4.69, 9.17) is 0 Å². The Bertz CT molecular complexity index is 894. The molecule has 1 aromatic carbocycles. The molecule has 0 radical (unpaired) electrons. The number of piperazine rings is 1. The van der Waals surface area contributed by atoms with Crippen molar-refractivity contribution in [3.8, 4) is 11.3 Å². The monoisotopic (exact) mass is 338 g/mol. The van der Waals surface area contributed by atoms with Crippen LogP contribution in [-0.2, 0) is 13.6 Å². The van der Waals surface area contributed by atoms with Crippen molar-refractivity contribution in [3.05, 3.63) is 54.1 Å². The van der Waals surface area contributed by atoms with Crippen molar-refractivity contribution in [1.29, 1.82) is 0 Å². The van der Waals surface area contributed by atoms with Crippen molar-refractivity contribution in [2.24, 2.45) is 7.05 Å². The quantitative estimate of drug-likeness (QED) is 0.686. The second-order valence-corrected chi connectivity index (χ2v) is 6.91. The summed E-state index contributed by atoms with van der Waals surface area (Å²) in [6.45, 7) is 5.04. The lowest BCUT2D eigenvalue weighted by molar-refractivity contribution is 0.148. The average molecular weight is 338 g/mol. The Balaban J connectivity index is 1.66. The smallest absolute Gasteiger partial charge is 0.222 e. The van der Waals surface area contributed by atoms with E-state index in [0.717, 1.165) is 54.9 Å². The lowest BCUT2D eigenvalue weighted by atomic mass is 10.1. The maximum absolute atomic E-state index is 14.4. The molecule has 1 aliphatic heterocycles. The van der Waals surface area contributed by atoms with Gasteiger partial charge >= 0.3 is 0 Å². The summed E-state index contributed by atoms with van der Waals surface area (Å²) < 4.78 is 16.5. The number of halogens is 1. The number of likely N-dealkylation sites (N-methyl/N-ethyl adjacent to an activating group) is 1. The maximum atomic E-state index is 14.4. The minimum atomic E-state index is -0.409. The van der Waals surface area contributed by atoms with Gasteiger partial charge in [0, 0.05) is 56.9 Å². The number of para-hydroxylation sites is 1. The van der Waals surface area contributed by atoms with Gasteiger partial charge in [0.25, 0.3) is 0 Å². The number of pyridine rings is 1. The van der Waals surface area contributed by atoms with E-state index in [2.05, 4.69) is 34.0 Å². The molecule has 5 heteroatoms. The van der Waals surface area contributed by atoms with Crippen LogP contribution in [0.15, 0.2) is 42.6 Å². The van der Waals surface area contributed by atoms with E-state index >= 15 is 0 Å². The number of aryl methyl sites for hydroxylation is 1. The molecule has 0 N–H and O–H groups in total. The highest BCUT2D eigenvalue weighted by atomic mass is 19.1. The molecule has 4 rings (SSSR count). The lowest BCUT2D eigenvalue weighted by Crippen LogP contribution is -2.43. The van der Waals surface area contributed by atoms with Crippen LogP contribution in [0.4, 0.5) is 4.39 Å². The summed E-state index contributed by atoms with van der Waals surface area (Å²) in [5.74, 6) is -0.409. The Labute approximate surface area is 147 Å². The fourth-order valence-electron chi connectivity index (χ4n) is 3.57. The summed E-state index contributed by atoms with van der Waals surface area (Å²) in [4.78, 5) is 8.77. The first kappa shape index (κ1) is 16.2. The highest BCUT2D eigenvalue weighted by Crippen LogP contribution is 2.29. The minimum Gasteiger partial charge on any atom is -0.343 e. The van der Waals surface area contributed by atoms with E-state index in [1.165, 1.54) is 0 Å². The summed E-state index contributed by atoms with van der Waals surface area (Å²) in [5.41, 5.74) is 3.60. The van der Waals surface area contributed by atoms with E-state index < -0.39 is 5.95 Å². The summed E-state index contributed by atoms with van der Waals surface area (Å²) in [7, 11) is 4.12. The third kappa shape index (κ3) is 3.17. The van der Waals surface area contributed by atoms with Crippen LogP contribution in [0.2, 0.25) is 0 Å². The van der Waals surface area contributed by atoms with Gasteiger partial charge in [-0.1, -0.05) is 18.2 Å². The second-order valence-electron chi connectivity index (χ2n) is 6.91. The fourth-order valence-corrected chi connectivity index (χ4v) is 3.57. The van der Waals surface area contributed by atoms with Crippen molar-refractivity contribution < 1.29 is 4.39 Å². The Morgan fingerprint density at radius 2 is 1.80 bits per heavy atom. The van der Waals surface area contributed by atoms with Gasteiger partial charge < -0.3 is 9.47 Å². The zero-order valence-corrected chi connectivity index (χ0v) is 14.7. The molecule has 0 saturated carbocycles. The standard InChI is InChI=1S/C20H23FN4/c1-23-7-9-25(10-8-23)14-15-11-17(20(21)22-13-15)19-12-16-5-3-4-6-18(16)24(19)2/h3-6,11-13H,7-10,14H2,1-2H3. The fraction of sp³-hybridized carbons (Fsp3) is 0.350. The van der Waals surface area contributed by atoms with Gasteiger partial charge in [-0.3, -0.25) is 4.90 Å². The molecule has 0 aliphatic carbocycles. The number of fused-ring (bicyclic) bond motifs is 1. The Morgan fingerprint density at radius 3 is 2.56 bits per heavy atom. The Hall–Kier alpha value is -2.24. The Kier molecular flexibility index (Phi) is 4.27. The van der Waals surface area contributed by atoms with Gasteiger partial charge in [0.05, 0.1) is 11.3 Å².